The second-order valence-corrected chi connectivity index (χ2v) is 5.89. The number of primary amides is 1. The molecule has 0 unspecified atom stereocenters. The summed E-state index contributed by atoms with van der Waals surface area (Å²) in [6.07, 6.45) is 0.171. The highest BCUT2D eigenvalue weighted by Crippen LogP contribution is 2.36. The molecule has 21 heavy (non-hydrogen) atoms. The first kappa shape index (κ1) is 15.4. The predicted octanol–water partition coefficient (Wildman–Crippen LogP) is 1.90. The number of nitrogens with zero attached hydrogens (tertiary/aromatic N) is 1. The average Bonchev–Trinajstić information content (AvgIpc) is 2.44. The highest BCUT2D eigenvalue weighted by molar-refractivity contribution is 8.03. The average molecular weight is 322 g/mol. The molecule has 0 spiro atoms. The standard InChI is InChI=1S/C14H12ClN3O2S/c15-9-3-1-2-8(4-9)10-5-13(20)18-14(11(10)6-16)21-7-12(17)19/h1-4,10H,5,7H2,(H2,17,19)(H,18,20)/t10-/m1/s1. The van der Waals surface area contributed by atoms with E-state index in [9.17, 15) is 14.9 Å². The maximum absolute atomic E-state index is 11.8. The molecule has 1 aromatic rings. The third kappa shape index (κ3) is 3.78. The lowest BCUT2D eigenvalue weighted by atomic mass is 9.87. The van der Waals surface area contributed by atoms with Crippen molar-refractivity contribution in [2.45, 2.75) is 12.3 Å². The maximum atomic E-state index is 11.8. The Bertz CT molecular complexity index is 666. The van der Waals surface area contributed by atoms with Crippen LogP contribution in [0.15, 0.2) is 34.9 Å². The number of benzene rings is 1. The lowest BCUT2D eigenvalue weighted by molar-refractivity contribution is -0.121. The summed E-state index contributed by atoms with van der Waals surface area (Å²) in [5, 5.41) is 13.0. The summed E-state index contributed by atoms with van der Waals surface area (Å²) < 4.78 is 0. The number of nitrogens with two attached hydrogens (primary N) is 1. The van der Waals surface area contributed by atoms with Crippen LogP contribution in [0.2, 0.25) is 5.02 Å². The summed E-state index contributed by atoms with van der Waals surface area (Å²) >= 11 is 7.03. The van der Waals surface area contributed by atoms with Crippen molar-refractivity contribution >= 4 is 35.2 Å². The van der Waals surface area contributed by atoms with Crippen LogP contribution in [0.4, 0.5) is 0 Å². The van der Waals surface area contributed by atoms with Crippen molar-refractivity contribution in [1.82, 2.24) is 5.32 Å². The highest BCUT2D eigenvalue weighted by Gasteiger charge is 2.29. The van der Waals surface area contributed by atoms with Crippen LogP contribution < -0.4 is 11.1 Å². The minimum Gasteiger partial charge on any atom is -0.369 e. The zero-order valence-corrected chi connectivity index (χ0v) is 12.5. The number of carbonyl (C=O) groups is 2. The molecule has 1 atom stereocenters. The molecule has 0 radical (unpaired) electrons. The Morgan fingerprint density at radius 1 is 1.57 bits per heavy atom. The van der Waals surface area contributed by atoms with E-state index in [0.717, 1.165) is 17.3 Å². The quantitative estimate of drug-likeness (QED) is 0.885. The lowest BCUT2D eigenvalue weighted by Crippen LogP contribution is -2.31. The summed E-state index contributed by atoms with van der Waals surface area (Å²) in [6.45, 7) is 0. The SMILES string of the molecule is N#CC1=C(SCC(N)=O)NC(=O)C[C@@H]1c1cccc(Cl)c1. The molecule has 0 aromatic heterocycles. The number of carbonyl (C=O) groups excluding carboxylic acids is 2. The second-order valence-electron chi connectivity index (χ2n) is 4.47. The number of halogens is 1. The van der Waals surface area contributed by atoms with Crippen molar-refractivity contribution in [3.63, 3.8) is 0 Å². The lowest BCUT2D eigenvalue weighted by Gasteiger charge is -2.25. The number of hydrogen-bond donors (Lipinski definition) is 2. The van der Waals surface area contributed by atoms with Crippen LogP contribution in [0.3, 0.4) is 0 Å². The van der Waals surface area contributed by atoms with Gasteiger partial charge in [0.2, 0.25) is 11.8 Å². The molecular weight excluding hydrogens is 310 g/mol. The van der Waals surface area contributed by atoms with Gasteiger partial charge in [-0.1, -0.05) is 35.5 Å². The molecule has 0 aliphatic carbocycles. The maximum Gasteiger partial charge on any atom is 0.227 e. The van der Waals surface area contributed by atoms with Crippen LogP contribution >= 0.6 is 23.4 Å². The number of thioether (sulfide) groups is 1. The molecule has 1 aliphatic heterocycles. The number of allylic oxidation sites excluding steroid dienone is 1. The van der Waals surface area contributed by atoms with Gasteiger partial charge in [0.25, 0.3) is 0 Å². The van der Waals surface area contributed by atoms with Crippen molar-refractivity contribution in [3.8, 4) is 6.07 Å². The number of hydrogen-bond acceptors (Lipinski definition) is 4. The van der Waals surface area contributed by atoms with Gasteiger partial charge < -0.3 is 11.1 Å². The molecule has 5 nitrogen and oxygen atoms in total. The first-order chi connectivity index (χ1) is 10.0. The molecular formula is C14H12ClN3O2S. The summed E-state index contributed by atoms with van der Waals surface area (Å²) in [7, 11) is 0. The van der Waals surface area contributed by atoms with E-state index >= 15 is 0 Å². The summed E-state index contributed by atoms with van der Waals surface area (Å²) in [5.41, 5.74) is 6.32. The molecule has 2 rings (SSSR count). The minimum absolute atomic E-state index is 0.00303. The second kappa shape index (κ2) is 6.66. The molecule has 1 aromatic carbocycles. The van der Waals surface area contributed by atoms with Crippen LogP contribution in [-0.4, -0.2) is 17.6 Å². The fourth-order valence-corrected chi connectivity index (χ4v) is 3.10. The number of nitrogens with one attached hydrogen (secondary N) is 1. The molecule has 0 fully saturated rings. The number of amides is 2. The van der Waals surface area contributed by atoms with Gasteiger partial charge in [-0.15, -0.1) is 0 Å². The van der Waals surface area contributed by atoms with E-state index in [0.29, 0.717) is 15.6 Å². The van der Waals surface area contributed by atoms with E-state index in [1.165, 1.54) is 0 Å². The summed E-state index contributed by atoms with van der Waals surface area (Å²) in [4.78, 5) is 22.7. The molecule has 108 valence electrons. The van der Waals surface area contributed by atoms with E-state index in [1.54, 1.807) is 18.2 Å². The van der Waals surface area contributed by atoms with Gasteiger partial charge in [0, 0.05) is 17.4 Å². The molecule has 7 heteroatoms. The predicted molar refractivity (Wildman–Crippen MR) is 81.2 cm³/mol. The number of nitriles is 1. The van der Waals surface area contributed by atoms with Gasteiger partial charge in [0.1, 0.15) is 0 Å². The molecule has 1 aliphatic rings. The van der Waals surface area contributed by atoms with Gasteiger partial charge in [-0.2, -0.15) is 5.26 Å². The largest absolute Gasteiger partial charge is 0.369 e. The van der Waals surface area contributed by atoms with E-state index in [2.05, 4.69) is 11.4 Å². The summed E-state index contributed by atoms with van der Waals surface area (Å²) in [6, 6.07) is 9.17. The highest BCUT2D eigenvalue weighted by atomic mass is 35.5. The van der Waals surface area contributed by atoms with E-state index in [4.69, 9.17) is 17.3 Å². The fraction of sp³-hybridized carbons (Fsp3) is 0.214. The van der Waals surface area contributed by atoms with Gasteiger partial charge >= 0.3 is 0 Å². The van der Waals surface area contributed by atoms with E-state index in [-0.39, 0.29) is 24.0 Å². The van der Waals surface area contributed by atoms with Crippen molar-refractivity contribution < 1.29 is 9.59 Å². The Balaban J connectivity index is 2.39. The van der Waals surface area contributed by atoms with Crippen LogP contribution in [0.25, 0.3) is 0 Å². The third-order valence-electron chi connectivity index (χ3n) is 2.97. The van der Waals surface area contributed by atoms with Crippen LogP contribution in [-0.2, 0) is 9.59 Å². The Hall–Kier alpha value is -1.97. The zero-order chi connectivity index (χ0) is 15.4. The Morgan fingerprint density at radius 2 is 2.33 bits per heavy atom. The van der Waals surface area contributed by atoms with E-state index in [1.807, 2.05) is 6.07 Å². The van der Waals surface area contributed by atoms with Gasteiger partial charge in [-0.3, -0.25) is 9.59 Å². The van der Waals surface area contributed by atoms with Crippen molar-refractivity contribution in [2.75, 3.05) is 5.75 Å². The molecule has 1 heterocycles. The van der Waals surface area contributed by atoms with Gasteiger partial charge in [0.15, 0.2) is 0 Å². The monoisotopic (exact) mass is 321 g/mol. The van der Waals surface area contributed by atoms with Crippen molar-refractivity contribution in [2.24, 2.45) is 5.73 Å². The first-order valence-corrected chi connectivity index (χ1v) is 7.48. The van der Waals surface area contributed by atoms with Crippen molar-refractivity contribution in [1.29, 1.82) is 5.26 Å². The topological polar surface area (TPSA) is 96.0 Å². The molecule has 0 saturated carbocycles. The Labute approximate surface area is 131 Å². The van der Waals surface area contributed by atoms with Gasteiger partial charge in [-0.25, -0.2) is 0 Å². The van der Waals surface area contributed by atoms with Crippen LogP contribution in [0.5, 0.6) is 0 Å². The third-order valence-corrected chi connectivity index (χ3v) is 4.24. The molecule has 2 amide bonds. The van der Waals surface area contributed by atoms with Gasteiger partial charge in [-0.05, 0) is 17.7 Å². The smallest absolute Gasteiger partial charge is 0.227 e. The van der Waals surface area contributed by atoms with Crippen LogP contribution in [0, 0.1) is 11.3 Å². The minimum atomic E-state index is -0.510. The Morgan fingerprint density at radius 3 is 2.95 bits per heavy atom. The van der Waals surface area contributed by atoms with Crippen LogP contribution in [0.1, 0.15) is 17.9 Å². The fourth-order valence-electron chi connectivity index (χ4n) is 2.08. The number of rotatable bonds is 4. The molecule has 0 bridgehead atoms. The zero-order valence-electron chi connectivity index (χ0n) is 10.9. The van der Waals surface area contributed by atoms with Gasteiger partial charge in [0.05, 0.1) is 22.4 Å². The normalized spacial score (nSPS) is 18.1. The molecule has 3 N–H and O–H groups in total. The first-order valence-electron chi connectivity index (χ1n) is 6.12. The summed E-state index contributed by atoms with van der Waals surface area (Å²) in [5.74, 6) is -1.07. The van der Waals surface area contributed by atoms with Crippen molar-refractivity contribution in [3.05, 3.63) is 45.5 Å². The molecule has 0 saturated heterocycles. The van der Waals surface area contributed by atoms with E-state index < -0.39 is 5.91 Å². The Kier molecular flexibility index (Phi) is 4.89.